The molecule has 5 nitrogen and oxygen atoms in total. The van der Waals surface area contributed by atoms with E-state index in [4.69, 9.17) is 9.47 Å². The van der Waals surface area contributed by atoms with E-state index in [1.165, 1.54) is 5.57 Å². The van der Waals surface area contributed by atoms with Gasteiger partial charge >= 0.3 is 0 Å². The molecule has 0 saturated carbocycles. The molecule has 1 saturated heterocycles. The normalized spacial score (nSPS) is 19.4. The van der Waals surface area contributed by atoms with Crippen molar-refractivity contribution in [2.75, 3.05) is 39.4 Å². The maximum absolute atomic E-state index is 13.5. The van der Waals surface area contributed by atoms with Crippen LogP contribution in [-0.4, -0.2) is 55.1 Å². The number of ether oxygens (including phenoxy) is 2. The van der Waals surface area contributed by atoms with Crippen LogP contribution in [0.25, 0.3) is 0 Å². The van der Waals surface area contributed by atoms with Gasteiger partial charge in [0.25, 0.3) is 0 Å². The molecule has 0 spiro atoms. The zero-order chi connectivity index (χ0) is 22.9. The number of hydrogen-bond acceptors (Lipinski definition) is 4. The molecular formula is C27H38N2O3. The highest BCUT2D eigenvalue weighted by atomic mass is 16.5. The van der Waals surface area contributed by atoms with Crippen molar-refractivity contribution in [1.29, 1.82) is 0 Å². The number of fused-ring (bicyclic) bond motifs is 1. The molecule has 3 rings (SSSR count). The van der Waals surface area contributed by atoms with Crippen LogP contribution in [0.15, 0.2) is 54.7 Å². The van der Waals surface area contributed by atoms with Gasteiger partial charge < -0.3 is 14.4 Å². The molecule has 2 aliphatic rings. The second kappa shape index (κ2) is 11.9. The summed E-state index contributed by atoms with van der Waals surface area (Å²) in [6, 6.07) is 6.06. The van der Waals surface area contributed by atoms with Crippen LogP contribution in [0.4, 0.5) is 0 Å². The first-order valence-electron chi connectivity index (χ1n) is 11.8. The van der Waals surface area contributed by atoms with E-state index in [2.05, 4.69) is 37.5 Å². The predicted molar refractivity (Wildman–Crippen MR) is 130 cm³/mol. The molecule has 1 amide bonds. The monoisotopic (exact) mass is 438 g/mol. The number of amides is 1. The molecule has 32 heavy (non-hydrogen) atoms. The average Bonchev–Trinajstić information content (AvgIpc) is 3.09. The quantitative estimate of drug-likeness (QED) is 0.517. The lowest BCUT2D eigenvalue weighted by molar-refractivity contribution is -0.136. The molecule has 174 valence electrons. The molecule has 0 aliphatic carbocycles. The van der Waals surface area contributed by atoms with Gasteiger partial charge in [-0.1, -0.05) is 50.8 Å². The van der Waals surface area contributed by atoms with Crippen LogP contribution >= 0.6 is 0 Å². The molecule has 0 bridgehead atoms. The predicted octanol–water partition coefficient (Wildman–Crippen LogP) is 4.84. The van der Waals surface area contributed by atoms with Gasteiger partial charge in [0, 0.05) is 32.6 Å². The van der Waals surface area contributed by atoms with Gasteiger partial charge in [-0.3, -0.25) is 9.69 Å². The lowest BCUT2D eigenvalue weighted by Gasteiger charge is -2.28. The Morgan fingerprint density at radius 2 is 2.06 bits per heavy atom. The molecule has 2 aliphatic heterocycles. The molecule has 1 fully saturated rings. The first-order chi connectivity index (χ1) is 15.5. The lowest BCUT2D eigenvalue weighted by Crippen LogP contribution is -2.39. The van der Waals surface area contributed by atoms with Crippen LogP contribution in [-0.2, 0) is 11.3 Å². The van der Waals surface area contributed by atoms with Gasteiger partial charge in [-0.15, -0.1) is 0 Å². The van der Waals surface area contributed by atoms with Crippen molar-refractivity contribution < 1.29 is 14.3 Å². The fourth-order valence-corrected chi connectivity index (χ4v) is 4.42. The largest absolute Gasteiger partial charge is 0.490 e. The average molecular weight is 439 g/mol. The van der Waals surface area contributed by atoms with E-state index in [0.717, 1.165) is 56.1 Å². The van der Waals surface area contributed by atoms with Crippen molar-refractivity contribution in [1.82, 2.24) is 9.80 Å². The number of likely N-dealkylation sites (tertiary alicyclic amines) is 1. The summed E-state index contributed by atoms with van der Waals surface area (Å²) >= 11 is 0. The minimum atomic E-state index is 0.0461. The Hall–Kier alpha value is -2.53. The Kier molecular flexibility index (Phi) is 8.98. The number of carbonyl (C=O) groups is 1. The minimum Gasteiger partial charge on any atom is -0.490 e. The molecule has 0 radical (unpaired) electrons. The fourth-order valence-electron chi connectivity index (χ4n) is 4.42. The number of carbonyl (C=O) groups excluding carboxylic acids is 1. The second-order valence-electron chi connectivity index (χ2n) is 9.14. The van der Waals surface area contributed by atoms with Gasteiger partial charge in [0.05, 0.1) is 19.1 Å². The van der Waals surface area contributed by atoms with Gasteiger partial charge in [0.1, 0.15) is 0 Å². The maximum Gasteiger partial charge on any atom is 0.227 e. The first-order valence-corrected chi connectivity index (χ1v) is 11.8. The van der Waals surface area contributed by atoms with Gasteiger partial charge in [0.15, 0.2) is 11.5 Å². The molecule has 2 heterocycles. The zero-order valence-electron chi connectivity index (χ0n) is 19.9. The van der Waals surface area contributed by atoms with E-state index in [1.807, 2.05) is 42.2 Å². The smallest absolute Gasteiger partial charge is 0.227 e. The van der Waals surface area contributed by atoms with Crippen LogP contribution in [0.1, 0.15) is 39.2 Å². The van der Waals surface area contributed by atoms with Gasteiger partial charge in [0.2, 0.25) is 5.91 Å². The maximum atomic E-state index is 13.5. The van der Waals surface area contributed by atoms with Crippen molar-refractivity contribution in [2.45, 2.75) is 40.2 Å². The number of allylic oxidation sites excluding steroid dienone is 3. The van der Waals surface area contributed by atoms with Gasteiger partial charge in [-0.25, -0.2) is 0 Å². The molecule has 1 aromatic carbocycles. The first kappa shape index (κ1) is 24.1. The Morgan fingerprint density at radius 3 is 2.78 bits per heavy atom. The Balaban J connectivity index is 1.67. The van der Waals surface area contributed by atoms with Crippen molar-refractivity contribution in [3.63, 3.8) is 0 Å². The highest BCUT2D eigenvalue weighted by Gasteiger charge is 2.32. The Morgan fingerprint density at radius 1 is 1.28 bits per heavy atom. The zero-order valence-corrected chi connectivity index (χ0v) is 19.9. The van der Waals surface area contributed by atoms with E-state index in [1.54, 1.807) is 0 Å². The topological polar surface area (TPSA) is 42.0 Å². The van der Waals surface area contributed by atoms with Crippen LogP contribution < -0.4 is 9.47 Å². The lowest BCUT2D eigenvalue weighted by atomic mass is 10.0. The highest BCUT2D eigenvalue weighted by Crippen LogP contribution is 2.31. The third kappa shape index (κ3) is 6.73. The minimum absolute atomic E-state index is 0.0461. The molecule has 1 aromatic rings. The van der Waals surface area contributed by atoms with E-state index in [0.29, 0.717) is 25.7 Å². The summed E-state index contributed by atoms with van der Waals surface area (Å²) in [5, 5.41) is 0. The van der Waals surface area contributed by atoms with Crippen LogP contribution in [0.5, 0.6) is 11.5 Å². The van der Waals surface area contributed by atoms with Crippen LogP contribution in [0.2, 0.25) is 0 Å². The number of nitrogens with zero attached hydrogens (tertiary/aromatic N) is 2. The number of benzene rings is 1. The number of hydrogen-bond donors (Lipinski definition) is 0. The third-order valence-corrected chi connectivity index (χ3v) is 5.82. The molecule has 5 heteroatoms. The van der Waals surface area contributed by atoms with Crippen molar-refractivity contribution in [3.05, 3.63) is 60.2 Å². The van der Waals surface area contributed by atoms with E-state index >= 15 is 0 Å². The van der Waals surface area contributed by atoms with Crippen LogP contribution in [0, 0.1) is 11.8 Å². The Labute approximate surface area is 193 Å². The van der Waals surface area contributed by atoms with Gasteiger partial charge in [-0.2, -0.15) is 0 Å². The highest BCUT2D eigenvalue weighted by molar-refractivity contribution is 5.79. The molecular weight excluding hydrogens is 400 g/mol. The summed E-state index contributed by atoms with van der Waals surface area (Å²) in [7, 11) is 0. The standard InChI is InChI=1S/C27H38N2O3/c1-5-8-22(9-6-2)18-28-13-12-24(20-28)27(30)29(17-21(3)4)19-23-10-11-25-26(16-23)32-15-7-14-31-25/h5-6,8-11,16,21,24H,1,7,12-15,17-20H2,2-4H3/b9-6-,22-8+. The van der Waals surface area contributed by atoms with E-state index < -0.39 is 0 Å². The fraction of sp³-hybridized carbons (Fsp3) is 0.519. The van der Waals surface area contributed by atoms with Crippen LogP contribution in [0.3, 0.4) is 0 Å². The summed E-state index contributed by atoms with van der Waals surface area (Å²) in [4.78, 5) is 17.9. The second-order valence-corrected chi connectivity index (χ2v) is 9.14. The van der Waals surface area contributed by atoms with E-state index in [9.17, 15) is 4.79 Å². The summed E-state index contributed by atoms with van der Waals surface area (Å²) < 4.78 is 11.6. The van der Waals surface area contributed by atoms with Gasteiger partial charge in [-0.05, 0) is 49.1 Å². The van der Waals surface area contributed by atoms with Crippen molar-refractivity contribution in [2.24, 2.45) is 11.8 Å². The summed E-state index contributed by atoms with van der Waals surface area (Å²) in [6.07, 6.45) is 9.83. The third-order valence-electron chi connectivity index (χ3n) is 5.82. The van der Waals surface area contributed by atoms with E-state index in [-0.39, 0.29) is 11.8 Å². The summed E-state index contributed by atoms with van der Waals surface area (Å²) in [5.41, 5.74) is 2.31. The van der Waals surface area contributed by atoms with Crippen molar-refractivity contribution >= 4 is 5.91 Å². The van der Waals surface area contributed by atoms with Crippen molar-refractivity contribution in [3.8, 4) is 11.5 Å². The summed E-state index contributed by atoms with van der Waals surface area (Å²) in [5.74, 6) is 2.30. The SMILES string of the molecule is C=C/C=C(\C=C/C)CN1CCC(C(=O)N(Cc2ccc3c(c2)OCCCO3)CC(C)C)C1. The summed E-state index contributed by atoms with van der Waals surface area (Å²) in [6.45, 7) is 15.5. The molecule has 0 aromatic heterocycles. The Bertz CT molecular complexity index is 843. The molecule has 1 unspecified atom stereocenters. The number of rotatable bonds is 9. The molecule has 1 atom stereocenters. The molecule has 0 N–H and O–H groups in total.